The Hall–Kier alpha value is -1.62. The highest BCUT2D eigenvalue weighted by atomic mass is 16.3. The van der Waals surface area contributed by atoms with Crippen molar-refractivity contribution in [1.82, 2.24) is 14.6 Å². The third-order valence-electron chi connectivity index (χ3n) is 3.34. The quantitative estimate of drug-likeness (QED) is 0.803. The van der Waals surface area contributed by atoms with Crippen LogP contribution in [-0.4, -0.2) is 32.9 Å². The van der Waals surface area contributed by atoms with Crippen molar-refractivity contribution in [2.45, 2.75) is 33.1 Å². The Balaban J connectivity index is 2.02. The number of hydrogen-bond acceptors (Lipinski definition) is 4. The first kappa shape index (κ1) is 13.8. The first-order valence-electron chi connectivity index (χ1n) is 6.91. The van der Waals surface area contributed by atoms with Crippen molar-refractivity contribution >= 4 is 11.6 Å². The number of fused-ring (bicyclic) bond motifs is 1. The average molecular weight is 262 g/mol. The maximum atomic E-state index is 9.05. The van der Waals surface area contributed by atoms with Gasteiger partial charge in [0.1, 0.15) is 0 Å². The van der Waals surface area contributed by atoms with Gasteiger partial charge in [-0.15, -0.1) is 5.10 Å². The summed E-state index contributed by atoms with van der Waals surface area (Å²) in [7, 11) is 0. The summed E-state index contributed by atoms with van der Waals surface area (Å²) in [6, 6.07) is 3.99. The third kappa shape index (κ3) is 3.44. The average Bonchev–Trinajstić information content (AvgIpc) is 2.81. The highest BCUT2D eigenvalue weighted by molar-refractivity contribution is 5.49. The van der Waals surface area contributed by atoms with Crippen molar-refractivity contribution in [2.75, 3.05) is 18.5 Å². The zero-order valence-corrected chi connectivity index (χ0v) is 11.6. The normalized spacial score (nSPS) is 12.8. The molecule has 2 aromatic heterocycles. The number of aliphatic hydroxyl groups excluding tert-OH is 1. The molecule has 2 rings (SSSR count). The number of anilines is 1. The number of aliphatic hydroxyl groups is 1. The van der Waals surface area contributed by atoms with Crippen molar-refractivity contribution in [3.8, 4) is 0 Å². The van der Waals surface area contributed by atoms with Gasteiger partial charge in [-0.1, -0.05) is 19.4 Å². The van der Waals surface area contributed by atoms with E-state index < -0.39 is 0 Å². The first-order chi connectivity index (χ1) is 9.24. The molecule has 5 nitrogen and oxygen atoms in total. The van der Waals surface area contributed by atoms with Crippen LogP contribution >= 0.6 is 0 Å². The molecule has 5 heteroatoms. The van der Waals surface area contributed by atoms with Crippen molar-refractivity contribution in [2.24, 2.45) is 5.92 Å². The van der Waals surface area contributed by atoms with Crippen LogP contribution in [-0.2, 0) is 0 Å². The van der Waals surface area contributed by atoms with Gasteiger partial charge in [-0.2, -0.15) is 4.98 Å². The molecule has 104 valence electrons. The number of nitrogens with one attached hydrogen (secondary N) is 1. The second-order valence-corrected chi connectivity index (χ2v) is 4.94. The van der Waals surface area contributed by atoms with Crippen LogP contribution in [0.2, 0.25) is 0 Å². The van der Waals surface area contributed by atoms with Gasteiger partial charge in [0.05, 0.1) is 0 Å². The zero-order chi connectivity index (χ0) is 13.7. The minimum Gasteiger partial charge on any atom is -0.396 e. The van der Waals surface area contributed by atoms with Gasteiger partial charge < -0.3 is 10.4 Å². The summed E-state index contributed by atoms with van der Waals surface area (Å²) in [6.07, 6.45) is 4.97. The highest BCUT2D eigenvalue weighted by Gasteiger charge is 2.09. The predicted molar refractivity (Wildman–Crippen MR) is 76.3 cm³/mol. The number of aromatic nitrogens is 3. The second-order valence-electron chi connectivity index (χ2n) is 4.94. The Morgan fingerprint density at radius 1 is 1.42 bits per heavy atom. The molecule has 0 aliphatic carbocycles. The van der Waals surface area contributed by atoms with E-state index in [2.05, 4.69) is 22.3 Å². The van der Waals surface area contributed by atoms with Crippen molar-refractivity contribution < 1.29 is 5.11 Å². The molecular formula is C14H22N4O. The van der Waals surface area contributed by atoms with E-state index in [1.165, 1.54) is 0 Å². The molecule has 0 saturated carbocycles. The molecule has 2 N–H and O–H groups in total. The van der Waals surface area contributed by atoms with E-state index in [-0.39, 0.29) is 6.61 Å². The number of rotatable bonds is 7. The lowest BCUT2D eigenvalue weighted by molar-refractivity contribution is 0.255. The van der Waals surface area contributed by atoms with Crippen LogP contribution in [0.4, 0.5) is 5.95 Å². The van der Waals surface area contributed by atoms with Crippen LogP contribution in [0.15, 0.2) is 18.3 Å². The highest BCUT2D eigenvalue weighted by Crippen LogP contribution is 2.13. The molecule has 0 spiro atoms. The number of nitrogens with zero attached hydrogens (tertiary/aromatic N) is 3. The van der Waals surface area contributed by atoms with E-state index in [0.29, 0.717) is 11.9 Å². The molecule has 0 aliphatic rings. The summed E-state index contributed by atoms with van der Waals surface area (Å²) in [6.45, 7) is 5.24. The predicted octanol–water partition coefficient (Wildman–Crippen LogP) is 2.25. The molecule has 0 aromatic carbocycles. The molecule has 0 bridgehead atoms. The van der Waals surface area contributed by atoms with Gasteiger partial charge in [-0.05, 0) is 37.3 Å². The van der Waals surface area contributed by atoms with Crippen LogP contribution in [0.25, 0.3) is 5.65 Å². The molecular weight excluding hydrogens is 240 g/mol. The molecule has 0 fully saturated rings. The Kier molecular flexibility index (Phi) is 4.74. The maximum absolute atomic E-state index is 9.05. The summed E-state index contributed by atoms with van der Waals surface area (Å²) in [5.74, 6) is 1.14. The van der Waals surface area contributed by atoms with Crippen molar-refractivity contribution in [3.05, 3.63) is 23.9 Å². The van der Waals surface area contributed by atoms with Crippen LogP contribution in [0.3, 0.4) is 0 Å². The van der Waals surface area contributed by atoms with Crippen molar-refractivity contribution in [3.63, 3.8) is 0 Å². The van der Waals surface area contributed by atoms with E-state index in [4.69, 9.17) is 5.11 Å². The van der Waals surface area contributed by atoms with Gasteiger partial charge in [-0.25, -0.2) is 4.52 Å². The minimum absolute atomic E-state index is 0.240. The third-order valence-corrected chi connectivity index (χ3v) is 3.34. The summed E-state index contributed by atoms with van der Waals surface area (Å²) in [4.78, 5) is 4.48. The topological polar surface area (TPSA) is 62.5 Å². The van der Waals surface area contributed by atoms with Gasteiger partial charge in [0.15, 0.2) is 5.65 Å². The van der Waals surface area contributed by atoms with Crippen LogP contribution in [0, 0.1) is 12.8 Å². The monoisotopic (exact) mass is 262 g/mol. The summed E-state index contributed by atoms with van der Waals surface area (Å²) in [5.41, 5.74) is 2.00. The molecule has 19 heavy (non-hydrogen) atoms. The van der Waals surface area contributed by atoms with Gasteiger partial charge in [0, 0.05) is 19.3 Å². The van der Waals surface area contributed by atoms with Gasteiger partial charge in [-0.3, -0.25) is 0 Å². The fourth-order valence-corrected chi connectivity index (χ4v) is 2.29. The maximum Gasteiger partial charge on any atom is 0.243 e. The molecule has 0 radical (unpaired) electrons. The van der Waals surface area contributed by atoms with E-state index >= 15 is 0 Å². The lowest BCUT2D eigenvalue weighted by Crippen LogP contribution is -2.16. The Bertz CT molecular complexity index is 517. The lowest BCUT2D eigenvalue weighted by Gasteiger charge is -2.14. The minimum atomic E-state index is 0.240. The van der Waals surface area contributed by atoms with Crippen LogP contribution in [0.5, 0.6) is 0 Å². The number of pyridine rings is 1. The molecule has 0 aliphatic heterocycles. The summed E-state index contributed by atoms with van der Waals surface area (Å²) >= 11 is 0. The standard InChI is InChI=1S/C14H22N4O/c1-3-5-12(7-9-19)10-15-14-16-13-11(2)6-4-8-18(13)17-14/h4,6,8,12,19H,3,5,7,9-10H2,1-2H3,(H,15,17). The molecule has 1 atom stereocenters. The smallest absolute Gasteiger partial charge is 0.243 e. The van der Waals surface area contributed by atoms with E-state index in [1.807, 2.05) is 25.3 Å². The zero-order valence-electron chi connectivity index (χ0n) is 11.6. The van der Waals surface area contributed by atoms with E-state index in [9.17, 15) is 0 Å². The number of aryl methyl sites for hydroxylation is 1. The second kappa shape index (κ2) is 6.52. The fraction of sp³-hybridized carbons (Fsp3) is 0.571. The molecule has 0 saturated heterocycles. The molecule has 2 aromatic rings. The summed E-state index contributed by atoms with van der Waals surface area (Å²) < 4.78 is 1.79. The number of hydrogen-bond donors (Lipinski definition) is 2. The van der Waals surface area contributed by atoms with Crippen LogP contribution < -0.4 is 5.32 Å². The Labute approximate surface area is 113 Å². The fourth-order valence-electron chi connectivity index (χ4n) is 2.29. The Morgan fingerprint density at radius 2 is 2.26 bits per heavy atom. The lowest BCUT2D eigenvalue weighted by atomic mass is 10.0. The first-order valence-corrected chi connectivity index (χ1v) is 6.91. The summed E-state index contributed by atoms with van der Waals surface area (Å²) in [5, 5.41) is 16.7. The van der Waals surface area contributed by atoms with Crippen LogP contribution in [0.1, 0.15) is 31.7 Å². The molecule has 1 unspecified atom stereocenters. The van der Waals surface area contributed by atoms with E-state index in [0.717, 1.165) is 37.0 Å². The SMILES string of the molecule is CCCC(CCO)CNc1nc2c(C)cccn2n1. The van der Waals surface area contributed by atoms with Gasteiger partial charge in [0.2, 0.25) is 5.95 Å². The van der Waals surface area contributed by atoms with E-state index in [1.54, 1.807) is 4.52 Å². The molecule has 2 heterocycles. The molecule has 0 amide bonds. The van der Waals surface area contributed by atoms with Gasteiger partial charge in [0.25, 0.3) is 0 Å². The largest absolute Gasteiger partial charge is 0.396 e. The van der Waals surface area contributed by atoms with Gasteiger partial charge >= 0.3 is 0 Å². The van der Waals surface area contributed by atoms with Crippen molar-refractivity contribution in [1.29, 1.82) is 0 Å². The Morgan fingerprint density at radius 3 is 2.95 bits per heavy atom.